The van der Waals surface area contributed by atoms with Gasteiger partial charge in [-0.25, -0.2) is 10.8 Å². The number of nitrogens with zero attached hydrogens (tertiary/aromatic N) is 4. The first kappa shape index (κ1) is 11.3. The molecule has 15 heavy (non-hydrogen) atoms. The molecule has 0 aliphatic carbocycles. The van der Waals surface area contributed by atoms with Crippen molar-refractivity contribution < 1.29 is 0 Å². The molecule has 1 heterocycles. The molecule has 0 aromatic heterocycles. The molecular weight excluding hydrogens is 192 g/mol. The summed E-state index contributed by atoms with van der Waals surface area (Å²) < 4.78 is 0. The molecule has 6 nitrogen and oxygen atoms in total. The molecule has 1 rings (SSSR count). The Morgan fingerprint density at radius 3 is 2.53 bits per heavy atom. The third-order valence-corrected chi connectivity index (χ3v) is 1.84. The van der Waals surface area contributed by atoms with E-state index in [1.165, 1.54) is 5.01 Å². The van der Waals surface area contributed by atoms with E-state index in [0.717, 1.165) is 0 Å². The maximum absolute atomic E-state index is 5.73. The molecule has 1 aliphatic rings. The molecule has 0 spiro atoms. The Hall–Kier alpha value is -1.82. The first-order valence-corrected chi connectivity index (χ1v) is 4.56. The van der Waals surface area contributed by atoms with E-state index in [-0.39, 0.29) is 5.96 Å². The zero-order chi connectivity index (χ0) is 11.3. The molecular formula is C9H16N6. The standard InChI is InChI=1S/C9H16N6/c1-3-5-14(6-4-2)9-13-8(10)12-7-15(9)11/h3-4H,1-2,5-7,11H2,(H2,10,12). The topological polar surface area (TPSA) is 83.2 Å². The average Bonchev–Trinajstić information content (AvgIpc) is 2.21. The molecule has 0 aromatic carbocycles. The highest BCUT2D eigenvalue weighted by molar-refractivity contribution is 5.95. The van der Waals surface area contributed by atoms with Gasteiger partial charge in [0.25, 0.3) is 0 Å². The fourth-order valence-corrected chi connectivity index (χ4v) is 1.22. The minimum Gasteiger partial charge on any atom is -0.368 e. The van der Waals surface area contributed by atoms with Crippen LogP contribution in [0.2, 0.25) is 0 Å². The number of rotatable bonds is 4. The van der Waals surface area contributed by atoms with Gasteiger partial charge in [0.15, 0.2) is 0 Å². The molecule has 6 heteroatoms. The highest BCUT2D eigenvalue weighted by Gasteiger charge is 2.17. The lowest BCUT2D eigenvalue weighted by Crippen LogP contribution is -2.51. The lowest BCUT2D eigenvalue weighted by atomic mass is 10.4. The van der Waals surface area contributed by atoms with Crippen LogP contribution >= 0.6 is 0 Å². The molecule has 0 radical (unpaired) electrons. The Kier molecular flexibility index (Phi) is 3.87. The van der Waals surface area contributed by atoms with Gasteiger partial charge in [-0.05, 0) is 0 Å². The third kappa shape index (κ3) is 2.81. The zero-order valence-corrected chi connectivity index (χ0v) is 8.63. The third-order valence-electron chi connectivity index (χ3n) is 1.84. The molecule has 82 valence electrons. The molecule has 0 saturated carbocycles. The van der Waals surface area contributed by atoms with E-state index in [0.29, 0.717) is 25.7 Å². The van der Waals surface area contributed by atoms with E-state index in [9.17, 15) is 0 Å². The van der Waals surface area contributed by atoms with Gasteiger partial charge >= 0.3 is 0 Å². The maximum Gasteiger partial charge on any atom is 0.221 e. The Labute approximate surface area is 89.2 Å². The Morgan fingerprint density at radius 2 is 2.00 bits per heavy atom. The summed E-state index contributed by atoms with van der Waals surface area (Å²) in [6.45, 7) is 8.92. The van der Waals surface area contributed by atoms with Crippen molar-refractivity contribution in [2.24, 2.45) is 21.6 Å². The number of hydrogen-bond donors (Lipinski definition) is 2. The molecule has 0 saturated heterocycles. The predicted molar refractivity (Wildman–Crippen MR) is 61.9 cm³/mol. The monoisotopic (exact) mass is 208 g/mol. The summed E-state index contributed by atoms with van der Waals surface area (Å²) in [7, 11) is 0. The van der Waals surface area contributed by atoms with E-state index in [1.54, 1.807) is 12.2 Å². The van der Waals surface area contributed by atoms with Crippen LogP contribution in [0.25, 0.3) is 0 Å². The van der Waals surface area contributed by atoms with Crippen LogP contribution in [0.15, 0.2) is 35.3 Å². The highest BCUT2D eigenvalue weighted by Crippen LogP contribution is 2.01. The second-order valence-corrected chi connectivity index (χ2v) is 3.02. The summed E-state index contributed by atoms with van der Waals surface area (Å²) >= 11 is 0. The number of hydrazine groups is 1. The van der Waals surface area contributed by atoms with Crippen molar-refractivity contribution in [1.29, 1.82) is 0 Å². The largest absolute Gasteiger partial charge is 0.368 e. The second-order valence-electron chi connectivity index (χ2n) is 3.02. The van der Waals surface area contributed by atoms with Crippen LogP contribution in [0, 0.1) is 0 Å². The van der Waals surface area contributed by atoms with Crippen LogP contribution in [0.3, 0.4) is 0 Å². The molecule has 0 fully saturated rings. The van der Waals surface area contributed by atoms with Gasteiger partial charge < -0.3 is 10.6 Å². The zero-order valence-electron chi connectivity index (χ0n) is 8.63. The molecule has 0 atom stereocenters. The lowest BCUT2D eigenvalue weighted by molar-refractivity contribution is 0.357. The van der Waals surface area contributed by atoms with Gasteiger partial charge in [-0.3, -0.25) is 5.01 Å². The number of aliphatic imine (C=N–C) groups is 2. The quantitative estimate of drug-likeness (QED) is 0.481. The second kappa shape index (κ2) is 5.16. The van der Waals surface area contributed by atoms with Crippen LogP contribution in [0.4, 0.5) is 0 Å². The maximum atomic E-state index is 5.73. The van der Waals surface area contributed by atoms with Gasteiger partial charge in [-0.1, -0.05) is 12.2 Å². The van der Waals surface area contributed by atoms with Gasteiger partial charge in [-0.2, -0.15) is 4.99 Å². The van der Waals surface area contributed by atoms with E-state index in [2.05, 4.69) is 23.1 Å². The molecule has 0 aromatic rings. The molecule has 0 bridgehead atoms. The van der Waals surface area contributed by atoms with Crippen LogP contribution in [-0.4, -0.2) is 41.6 Å². The van der Waals surface area contributed by atoms with E-state index >= 15 is 0 Å². The van der Waals surface area contributed by atoms with Crippen molar-refractivity contribution in [3.05, 3.63) is 25.3 Å². The molecule has 4 N–H and O–H groups in total. The normalized spacial score (nSPS) is 15.4. The van der Waals surface area contributed by atoms with Gasteiger partial charge in [0.1, 0.15) is 6.67 Å². The van der Waals surface area contributed by atoms with Crippen molar-refractivity contribution in [1.82, 2.24) is 9.91 Å². The molecule has 0 amide bonds. The van der Waals surface area contributed by atoms with Crippen molar-refractivity contribution in [3.8, 4) is 0 Å². The highest BCUT2D eigenvalue weighted by atomic mass is 15.6. The summed E-state index contributed by atoms with van der Waals surface area (Å²) in [4.78, 5) is 9.87. The summed E-state index contributed by atoms with van der Waals surface area (Å²) in [6, 6.07) is 0. The van der Waals surface area contributed by atoms with E-state index in [4.69, 9.17) is 11.6 Å². The van der Waals surface area contributed by atoms with Gasteiger partial charge in [0, 0.05) is 13.1 Å². The van der Waals surface area contributed by atoms with Gasteiger partial charge in [0.2, 0.25) is 11.9 Å². The molecule has 0 unspecified atom stereocenters. The SMILES string of the molecule is C=CCN(CC=C)C1=NC(N)=NCN1N. The Balaban J connectivity index is 2.84. The fourth-order valence-electron chi connectivity index (χ4n) is 1.22. The van der Waals surface area contributed by atoms with E-state index < -0.39 is 0 Å². The van der Waals surface area contributed by atoms with Crippen molar-refractivity contribution in [2.45, 2.75) is 0 Å². The first-order valence-electron chi connectivity index (χ1n) is 4.56. The summed E-state index contributed by atoms with van der Waals surface area (Å²) in [5, 5.41) is 1.43. The van der Waals surface area contributed by atoms with Gasteiger partial charge in [-0.15, -0.1) is 13.2 Å². The van der Waals surface area contributed by atoms with Gasteiger partial charge in [0.05, 0.1) is 0 Å². The minimum absolute atomic E-state index is 0.241. The van der Waals surface area contributed by atoms with Crippen LogP contribution < -0.4 is 11.6 Å². The van der Waals surface area contributed by atoms with Crippen LogP contribution in [-0.2, 0) is 0 Å². The number of guanidine groups is 2. The van der Waals surface area contributed by atoms with Crippen LogP contribution in [0.1, 0.15) is 0 Å². The van der Waals surface area contributed by atoms with E-state index in [1.807, 2.05) is 4.90 Å². The summed E-state index contributed by atoms with van der Waals surface area (Å²) in [5.74, 6) is 6.56. The van der Waals surface area contributed by atoms with Crippen molar-refractivity contribution in [3.63, 3.8) is 0 Å². The average molecular weight is 208 g/mol. The Bertz CT molecular complexity index is 296. The summed E-state index contributed by atoms with van der Waals surface area (Å²) in [5.41, 5.74) is 5.52. The molecule has 1 aliphatic heterocycles. The van der Waals surface area contributed by atoms with Crippen molar-refractivity contribution >= 4 is 11.9 Å². The minimum atomic E-state index is 0.241. The first-order chi connectivity index (χ1) is 7.19. The smallest absolute Gasteiger partial charge is 0.221 e. The number of nitrogens with two attached hydrogens (primary N) is 2. The lowest BCUT2D eigenvalue weighted by Gasteiger charge is -2.30. The van der Waals surface area contributed by atoms with Crippen molar-refractivity contribution in [2.75, 3.05) is 19.8 Å². The number of hydrogen-bond acceptors (Lipinski definition) is 6. The summed E-state index contributed by atoms with van der Waals surface area (Å²) in [6.07, 6.45) is 3.53. The predicted octanol–water partition coefficient (Wildman–Crippen LogP) is -0.522. The fraction of sp³-hybridized carbons (Fsp3) is 0.333. The van der Waals surface area contributed by atoms with Crippen LogP contribution in [0.5, 0.6) is 0 Å². The Morgan fingerprint density at radius 1 is 1.40 bits per heavy atom.